The molecule has 0 atom stereocenters. The van der Waals surface area contributed by atoms with Crippen molar-refractivity contribution in [1.29, 1.82) is 0 Å². The van der Waals surface area contributed by atoms with E-state index in [0.29, 0.717) is 0 Å². The molecule has 4 aromatic carbocycles. The summed E-state index contributed by atoms with van der Waals surface area (Å²) in [6.45, 7) is 4.56. The van der Waals surface area contributed by atoms with Crippen LogP contribution in [0.3, 0.4) is 0 Å². The quantitative estimate of drug-likeness (QED) is 0.0952. The zero-order valence-corrected chi connectivity index (χ0v) is 28.1. The molecule has 0 radical (unpaired) electrons. The van der Waals surface area contributed by atoms with Crippen molar-refractivity contribution in [2.75, 3.05) is 0 Å². The molecule has 2 aromatic heterocycles. The number of rotatable bonds is 12. The molecule has 0 unspecified atom stereocenters. The molecular formula is C42H44S2. The Kier molecular flexibility index (Phi) is 10.6. The zero-order valence-electron chi connectivity index (χ0n) is 26.5. The monoisotopic (exact) mass is 612 g/mol. The third-order valence-electron chi connectivity index (χ3n) is 8.85. The molecule has 0 amide bonds. The average Bonchev–Trinajstić information content (AvgIpc) is 3.57. The van der Waals surface area contributed by atoms with E-state index in [-0.39, 0.29) is 0 Å². The van der Waals surface area contributed by atoms with E-state index in [1.165, 1.54) is 139 Å². The van der Waals surface area contributed by atoms with Gasteiger partial charge in [0.15, 0.2) is 0 Å². The predicted octanol–water partition coefficient (Wildman–Crippen LogP) is 13.8. The second kappa shape index (κ2) is 15.1. The van der Waals surface area contributed by atoms with Gasteiger partial charge in [-0.3, -0.25) is 0 Å². The van der Waals surface area contributed by atoms with Crippen molar-refractivity contribution in [2.24, 2.45) is 0 Å². The van der Waals surface area contributed by atoms with Gasteiger partial charge in [-0.25, -0.2) is 0 Å². The largest absolute Gasteiger partial charge is 0.133 e. The van der Waals surface area contributed by atoms with E-state index in [2.05, 4.69) is 98.2 Å². The van der Waals surface area contributed by atoms with Gasteiger partial charge in [-0.15, -0.1) is 22.7 Å². The van der Waals surface area contributed by atoms with Crippen LogP contribution in [-0.4, -0.2) is 0 Å². The van der Waals surface area contributed by atoms with Crippen LogP contribution in [0.25, 0.3) is 51.1 Å². The molecule has 6 aromatic rings. The fourth-order valence-electron chi connectivity index (χ4n) is 6.45. The van der Waals surface area contributed by atoms with Crippen LogP contribution < -0.4 is 0 Å². The first-order valence-electron chi connectivity index (χ1n) is 17.0. The molecule has 224 valence electrons. The molecular weight excluding hydrogens is 569 g/mol. The number of hydrogen-bond acceptors (Lipinski definition) is 2. The lowest BCUT2D eigenvalue weighted by Gasteiger charge is -2.04. The van der Waals surface area contributed by atoms with Crippen molar-refractivity contribution < 1.29 is 0 Å². The van der Waals surface area contributed by atoms with E-state index in [1.54, 1.807) is 0 Å². The molecule has 0 bridgehead atoms. The average molecular weight is 613 g/mol. The molecule has 44 heavy (non-hydrogen) atoms. The number of fused-ring (bicyclic) bond motifs is 7. The first-order chi connectivity index (χ1) is 21.8. The summed E-state index contributed by atoms with van der Waals surface area (Å²) >= 11 is 3.87. The van der Waals surface area contributed by atoms with Gasteiger partial charge in [0, 0.05) is 44.1 Å². The SMILES string of the molecule is CCCCCCCCC#Cc1c2ccccc2cc2sc3c(sc4cc5ccccc5c(C#CCCCCCCCC)c43)c12. The van der Waals surface area contributed by atoms with Gasteiger partial charge in [0.2, 0.25) is 0 Å². The van der Waals surface area contributed by atoms with E-state index in [4.69, 9.17) is 0 Å². The van der Waals surface area contributed by atoms with Crippen molar-refractivity contribution >= 4 is 73.8 Å². The van der Waals surface area contributed by atoms with Crippen LogP contribution in [0, 0.1) is 23.7 Å². The molecule has 2 heterocycles. The minimum atomic E-state index is 0.972. The summed E-state index contributed by atoms with van der Waals surface area (Å²) in [7, 11) is 0. The Bertz CT molecular complexity index is 1860. The van der Waals surface area contributed by atoms with Crippen molar-refractivity contribution in [2.45, 2.75) is 104 Å². The molecule has 0 spiro atoms. The summed E-state index contributed by atoms with van der Waals surface area (Å²) in [5, 5.41) is 7.80. The minimum Gasteiger partial charge on any atom is -0.133 e. The van der Waals surface area contributed by atoms with Crippen molar-refractivity contribution in [3.8, 4) is 23.7 Å². The minimum absolute atomic E-state index is 0.972. The van der Waals surface area contributed by atoms with Gasteiger partial charge in [0.25, 0.3) is 0 Å². The molecule has 0 aliphatic carbocycles. The number of hydrogen-bond donors (Lipinski definition) is 0. The highest BCUT2D eigenvalue weighted by atomic mass is 32.1. The topological polar surface area (TPSA) is 0 Å². The predicted molar refractivity (Wildman–Crippen MR) is 199 cm³/mol. The van der Waals surface area contributed by atoms with Crippen molar-refractivity contribution in [3.05, 3.63) is 71.8 Å². The van der Waals surface area contributed by atoms with E-state index >= 15 is 0 Å². The third kappa shape index (κ3) is 6.69. The summed E-state index contributed by atoms with van der Waals surface area (Å²) in [6, 6.07) is 22.4. The molecule has 2 heteroatoms. The Hall–Kier alpha value is -3.30. The molecule has 0 nitrogen and oxygen atoms in total. The molecule has 6 rings (SSSR count). The smallest absolute Gasteiger partial charge is 0.0555 e. The van der Waals surface area contributed by atoms with Crippen LogP contribution >= 0.6 is 22.7 Å². The summed E-state index contributed by atoms with van der Waals surface area (Å²) < 4.78 is 5.44. The van der Waals surface area contributed by atoms with Crippen molar-refractivity contribution in [1.82, 2.24) is 0 Å². The number of thiophene rings is 2. The summed E-state index contributed by atoms with van der Waals surface area (Å²) in [5.74, 6) is 14.6. The first kappa shape index (κ1) is 30.7. The van der Waals surface area contributed by atoms with E-state index in [1.807, 2.05) is 22.7 Å². The normalized spacial score (nSPS) is 11.4. The highest BCUT2D eigenvalue weighted by molar-refractivity contribution is 7.36. The molecule has 0 saturated carbocycles. The summed E-state index contributed by atoms with van der Waals surface area (Å²) in [5.41, 5.74) is 2.42. The fourth-order valence-corrected chi connectivity index (χ4v) is 9.27. The molecule has 0 N–H and O–H groups in total. The van der Waals surface area contributed by atoms with Gasteiger partial charge in [-0.1, -0.05) is 150 Å². The molecule has 0 aliphatic heterocycles. The Morgan fingerprint density at radius 2 is 0.909 bits per heavy atom. The second-order valence-corrected chi connectivity index (χ2v) is 14.3. The van der Waals surface area contributed by atoms with Gasteiger partial charge in [-0.2, -0.15) is 0 Å². The van der Waals surface area contributed by atoms with Gasteiger partial charge in [0.1, 0.15) is 0 Å². The van der Waals surface area contributed by atoms with Crippen LogP contribution in [-0.2, 0) is 0 Å². The summed E-state index contributed by atoms with van der Waals surface area (Å²) in [4.78, 5) is 0. The molecule has 0 saturated heterocycles. The van der Waals surface area contributed by atoms with Crippen molar-refractivity contribution in [3.63, 3.8) is 0 Å². The highest BCUT2D eigenvalue weighted by Crippen LogP contribution is 2.49. The Labute approximate surface area is 271 Å². The maximum absolute atomic E-state index is 3.70. The highest BCUT2D eigenvalue weighted by Gasteiger charge is 2.19. The second-order valence-electron chi connectivity index (χ2n) is 12.2. The Morgan fingerprint density at radius 3 is 1.36 bits per heavy atom. The standard InChI is InChI=1S/C42H44S2/c1-3-5-7-9-11-13-15-17-27-35-33-25-21-19-23-31(33)29-37-39(35)41-42(43-37)40-36(28-18-16-14-12-10-8-6-4-2)34-26-22-20-24-32(34)30-38(40)44-41/h19-26,29-30H,3-16H2,1-2H3. The van der Waals surface area contributed by atoms with E-state index in [0.717, 1.165) is 12.8 Å². The van der Waals surface area contributed by atoms with Crippen LogP contribution in [0.1, 0.15) is 115 Å². The molecule has 0 aliphatic rings. The van der Waals surface area contributed by atoms with Gasteiger partial charge in [-0.05, 0) is 46.5 Å². The van der Waals surface area contributed by atoms with Crippen LogP contribution in [0.4, 0.5) is 0 Å². The molecule has 0 fully saturated rings. The lowest BCUT2D eigenvalue weighted by Crippen LogP contribution is -1.82. The zero-order chi connectivity index (χ0) is 30.1. The van der Waals surface area contributed by atoms with Crippen LogP contribution in [0.2, 0.25) is 0 Å². The number of benzene rings is 4. The van der Waals surface area contributed by atoms with Crippen LogP contribution in [0.15, 0.2) is 60.7 Å². The fraction of sp³-hybridized carbons (Fsp3) is 0.381. The Morgan fingerprint density at radius 1 is 0.500 bits per heavy atom. The lowest BCUT2D eigenvalue weighted by molar-refractivity contribution is 0.614. The summed E-state index contributed by atoms with van der Waals surface area (Å²) in [6.07, 6.45) is 17.6. The number of unbranched alkanes of at least 4 members (excludes halogenated alkanes) is 12. The van der Waals surface area contributed by atoms with E-state index in [9.17, 15) is 0 Å². The third-order valence-corrected chi connectivity index (χ3v) is 11.3. The first-order valence-corrected chi connectivity index (χ1v) is 18.6. The van der Waals surface area contributed by atoms with E-state index < -0.39 is 0 Å². The van der Waals surface area contributed by atoms with Gasteiger partial charge in [0.05, 0.1) is 9.40 Å². The van der Waals surface area contributed by atoms with Gasteiger partial charge < -0.3 is 0 Å². The Balaban J connectivity index is 1.42. The maximum atomic E-state index is 3.70. The van der Waals surface area contributed by atoms with Gasteiger partial charge >= 0.3 is 0 Å². The van der Waals surface area contributed by atoms with Crippen LogP contribution in [0.5, 0.6) is 0 Å². The lowest BCUT2D eigenvalue weighted by atomic mass is 9.99. The maximum Gasteiger partial charge on any atom is 0.0555 e.